The Morgan fingerprint density at radius 3 is 2.71 bits per heavy atom. The predicted octanol–water partition coefficient (Wildman–Crippen LogP) is 1.93. The summed E-state index contributed by atoms with van der Waals surface area (Å²) in [6.07, 6.45) is 3.78. The molecule has 5 heteroatoms. The van der Waals surface area contributed by atoms with Crippen LogP contribution in [0.2, 0.25) is 0 Å². The lowest BCUT2D eigenvalue weighted by molar-refractivity contribution is 0.890. The van der Waals surface area contributed by atoms with Crippen LogP contribution in [0.3, 0.4) is 0 Å². The standard InChI is InChI=1S/C9H14N4.ClH/c1-4-10-8-11-13-6-5-9(7-13)12(2)3;/h5-7H,4H2,1-3H3;1H. The van der Waals surface area contributed by atoms with Gasteiger partial charge in [0.1, 0.15) is 6.01 Å². The Morgan fingerprint density at radius 1 is 1.50 bits per heavy atom. The van der Waals surface area contributed by atoms with Gasteiger partial charge >= 0.3 is 0 Å². The summed E-state index contributed by atoms with van der Waals surface area (Å²) in [6.45, 7) is 2.66. The second kappa shape index (κ2) is 6.24. The second-order valence-corrected chi connectivity index (χ2v) is 2.82. The highest BCUT2D eigenvalue weighted by atomic mass is 35.5. The molecule has 0 bridgehead atoms. The molecule has 0 spiro atoms. The normalized spacial score (nSPS) is 8.50. The number of aromatic nitrogens is 1. The minimum atomic E-state index is 0. The van der Waals surface area contributed by atoms with Crippen LogP contribution in [0.5, 0.6) is 0 Å². The summed E-state index contributed by atoms with van der Waals surface area (Å²) < 4.78 is 1.69. The third-order valence-corrected chi connectivity index (χ3v) is 1.57. The van der Waals surface area contributed by atoms with Gasteiger partial charge in [0.2, 0.25) is 0 Å². The summed E-state index contributed by atoms with van der Waals surface area (Å²) in [5, 5.41) is 3.97. The van der Waals surface area contributed by atoms with Crippen molar-refractivity contribution < 1.29 is 0 Å². The number of anilines is 1. The monoisotopic (exact) mass is 214 g/mol. The van der Waals surface area contributed by atoms with Crippen molar-refractivity contribution in [1.29, 1.82) is 0 Å². The van der Waals surface area contributed by atoms with Gasteiger partial charge in [0.25, 0.3) is 0 Å². The van der Waals surface area contributed by atoms with Crippen molar-refractivity contribution in [3.8, 4) is 0 Å². The van der Waals surface area contributed by atoms with Crippen LogP contribution in [0.1, 0.15) is 6.92 Å². The molecule has 0 saturated carbocycles. The maximum Gasteiger partial charge on any atom is 0.115 e. The quantitative estimate of drug-likeness (QED) is 0.708. The van der Waals surface area contributed by atoms with Crippen molar-refractivity contribution >= 4 is 24.1 Å². The largest absolute Gasteiger partial charge is 0.376 e. The molecule has 0 aliphatic carbocycles. The molecule has 0 aromatic carbocycles. The number of rotatable bonds is 3. The molecule has 1 aromatic rings. The fourth-order valence-electron chi connectivity index (χ4n) is 0.855. The number of nitrogens with zero attached hydrogens (tertiary/aromatic N) is 4. The number of halogens is 1. The summed E-state index contributed by atoms with van der Waals surface area (Å²) in [7, 11) is 3.98. The van der Waals surface area contributed by atoms with Gasteiger partial charge in [-0.3, -0.25) is 0 Å². The first-order valence-electron chi connectivity index (χ1n) is 4.22. The Kier molecular flexibility index (Phi) is 5.68. The van der Waals surface area contributed by atoms with E-state index in [1.54, 1.807) is 4.68 Å². The molecule has 0 unspecified atom stereocenters. The van der Waals surface area contributed by atoms with Crippen molar-refractivity contribution in [2.24, 2.45) is 10.1 Å². The summed E-state index contributed by atoms with van der Waals surface area (Å²) in [5.74, 6) is 0. The lowest BCUT2D eigenvalue weighted by atomic mass is 10.5. The average Bonchev–Trinajstić information content (AvgIpc) is 2.53. The Balaban J connectivity index is 0.00000169. The van der Waals surface area contributed by atoms with Crippen LogP contribution in [-0.4, -0.2) is 31.3 Å². The molecule has 1 aromatic heterocycles. The third-order valence-electron chi connectivity index (χ3n) is 1.57. The zero-order valence-electron chi connectivity index (χ0n) is 8.64. The predicted molar refractivity (Wildman–Crippen MR) is 61.8 cm³/mol. The van der Waals surface area contributed by atoms with Crippen molar-refractivity contribution in [3.63, 3.8) is 0 Å². The zero-order valence-corrected chi connectivity index (χ0v) is 9.45. The Hall–Kier alpha value is -1.25. The molecule has 0 N–H and O–H groups in total. The molecule has 1 rings (SSSR count). The van der Waals surface area contributed by atoms with Gasteiger partial charge in [-0.1, -0.05) is 0 Å². The molecule has 0 aliphatic heterocycles. The summed E-state index contributed by atoms with van der Waals surface area (Å²) >= 11 is 0. The first-order chi connectivity index (χ1) is 6.24. The molecular weight excluding hydrogens is 200 g/mol. The fourth-order valence-corrected chi connectivity index (χ4v) is 0.855. The Bertz CT molecular complexity index is 323. The lowest BCUT2D eigenvalue weighted by Crippen LogP contribution is -2.07. The van der Waals surface area contributed by atoms with E-state index in [2.05, 4.69) is 16.1 Å². The molecule has 0 radical (unpaired) electrons. The highest BCUT2D eigenvalue weighted by Crippen LogP contribution is 2.09. The molecule has 14 heavy (non-hydrogen) atoms. The van der Waals surface area contributed by atoms with Crippen molar-refractivity contribution in [1.82, 2.24) is 4.68 Å². The first kappa shape index (κ1) is 12.8. The topological polar surface area (TPSA) is 32.9 Å². The molecule has 0 saturated heterocycles. The molecule has 78 valence electrons. The van der Waals surface area contributed by atoms with E-state index in [0.717, 1.165) is 5.69 Å². The Labute approximate surface area is 90.3 Å². The van der Waals surface area contributed by atoms with E-state index < -0.39 is 0 Å². The van der Waals surface area contributed by atoms with Gasteiger partial charge in [-0.15, -0.1) is 17.5 Å². The van der Waals surface area contributed by atoms with Gasteiger partial charge in [-0.2, -0.15) is 0 Å². The maximum atomic E-state index is 3.97. The minimum Gasteiger partial charge on any atom is -0.376 e. The van der Waals surface area contributed by atoms with Crippen LogP contribution in [0, 0.1) is 0 Å². The van der Waals surface area contributed by atoms with E-state index in [0.29, 0.717) is 6.54 Å². The molecule has 0 atom stereocenters. The van der Waals surface area contributed by atoms with Crippen LogP contribution in [0.25, 0.3) is 0 Å². The minimum absolute atomic E-state index is 0. The number of aliphatic imine (C=N–C) groups is 1. The first-order valence-corrected chi connectivity index (χ1v) is 4.22. The molecule has 0 fully saturated rings. The van der Waals surface area contributed by atoms with Gasteiger partial charge in [0, 0.05) is 26.8 Å². The van der Waals surface area contributed by atoms with Gasteiger partial charge < -0.3 is 4.90 Å². The van der Waals surface area contributed by atoms with Gasteiger partial charge in [0.05, 0.1) is 11.9 Å². The molecule has 0 aliphatic rings. The number of hydrogen-bond acceptors (Lipinski definition) is 3. The van der Waals surface area contributed by atoms with Crippen LogP contribution < -0.4 is 4.90 Å². The SMILES string of the molecule is CCN=C=Nn1ccc(N(C)C)c1.Cl. The number of hydrogen-bond donors (Lipinski definition) is 0. The van der Waals surface area contributed by atoms with Crippen LogP contribution >= 0.6 is 12.4 Å². The van der Waals surface area contributed by atoms with E-state index in [-0.39, 0.29) is 12.4 Å². The van der Waals surface area contributed by atoms with Gasteiger partial charge in [-0.25, -0.2) is 9.67 Å². The van der Waals surface area contributed by atoms with Crippen molar-refractivity contribution in [2.75, 3.05) is 25.5 Å². The maximum absolute atomic E-state index is 3.97. The van der Waals surface area contributed by atoms with Crippen LogP contribution in [0.4, 0.5) is 5.69 Å². The van der Waals surface area contributed by atoms with Crippen LogP contribution in [0.15, 0.2) is 28.6 Å². The van der Waals surface area contributed by atoms with E-state index in [1.807, 2.05) is 44.4 Å². The molecule has 4 nitrogen and oxygen atoms in total. The van der Waals surface area contributed by atoms with E-state index in [4.69, 9.17) is 0 Å². The smallest absolute Gasteiger partial charge is 0.115 e. The highest BCUT2D eigenvalue weighted by Gasteiger charge is 1.95. The lowest BCUT2D eigenvalue weighted by Gasteiger charge is -2.07. The van der Waals surface area contributed by atoms with Crippen molar-refractivity contribution in [3.05, 3.63) is 18.5 Å². The molecular formula is C9H15ClN4. The van der Waals surface area contributed by atoms with E-state index >= 15 is 0 Å². The Morgan fingerprint density at radius 2 is 2.21 bits per heavy atom. The molecule has 0 amide bonds. The van der Waals surface area contributed by atoms with Crippen LogP contribution in [-0.2, 0) is 0 Å². The highest BCUT2D eigenvalue weighted by molar-refractivity contribution is 5.85. The summed E-state index contributed by atoms with van der Waals surface area (Å²) in [6, 6.07) is 4.58. The van der Waals surface area contributed by atoms with Crippen molar-refractivity contribution in [2.45, 2.75) is 6.92 Å². The zero-order chi connectivity index (χ0) is 9.68. The van der Waals surface area contributed by atoms with E-state index in [9.17, 15) is 0 Å². The fraction of sp³-hybridized carbons (Fsp3) is 0.444. The van der Waals surface area contributed by atoms with Gasteiger partial charge in [-0.05, 0) is 13.0 Å². The average molecular weight is 215 g/mol. The summed E-state index contributed by atoms with van der Waals surface area (Å²) in [5.41, 5.74) is 1.11. The summed E-state index contributed by atoms with van der Waals surface area (Å²) in [4.78, 5) is 5.89. The molecule has 1 heterocycles. The van der Waals surface area contributed by atoms with E-state index in [1.165, 1.54) is 0 Å². The second-order valence-electron chi connectivity index (χ2n) is 2.82. The third kappa shape index (κ3) is 3.64. The van der Waals surface area contributed by atoms with Gasteiger partial charge in [0.15, 0.2) is 0 Å².